The molecule has 0 aromatic heterocycles. The SMILES string of the molecule is CC1(C)CNc2cc(NC(=O)CCS(=O)(=O)c3ccccc3)ccc2C1=O. The number of carbonyl (C=O) groups excluding carboxylic acids is 2. The number of hydrogen-bond donors (Lipinski definition) is 2. The van der Waals surface area contributed by atoms with Crippen molar-refractivity contribution in [2.75, 3.05) is 22.9 Å². The molecule has 3 rings (SSSR count). The van der Waals surface area contributed by atoms with Crippen LogP contribution in [-0.4, -0.2) is 32.4 Å². The van der Waals surface area contributed by atoms with E-state index >= 15 is 0 Å². The van der Waals surface area contributed by atoms with E-state index in [0.717, 1.165) is 0 Å². The zero-order chi connectivity index (χ0) is 19.7. The molecule has 2 aromatic rings. The predicted molar refractivity (Wildman–Crippen MR) is 105 cm³/mol. The van der Waals surface area contributed by atoms with Crippen LogP contribution in [0.25, 0.3) is 0 Å². The fraction of sp³-hybridized carbons (Fsp3) is 0.300. The normalized spacial score (nSPS) is 15.6. The molecule has 0 radical (unpaired) electrons. The number of rotatable bonds is 5. The van der Waals surface area contributed by atoms with Crippen molar-refractivity contribution in [2.45, 2.75) is 25.2 Å². The van der Waals surface area contributed by atoms with Gasteiger partial charge in [-0.3, -0.25) is 9.59 Å². The molecule has 1 heterocycles. The number of hydrogen-bond acceptors (Lipinski definition) is 5. The van der Waals surface area contributed by atoms with Crippen LogP contribution in [0.15, 0.2) is 53.4 Å². The van der Waals surface area contributed by atoms with Gasteiger partial charge in [0.1, 0.15) is 0 Å². The average molecular weight is 386 g/mol. The van der Waals surface area contributed by atoms with Gasteiger partial charge in [0.05, 0.1) is 10.6 Å². The number of anilines is 2. The Kier molecular flexibility index (Phi) is 5.06. The zero-order valence-corrected chi connectivity index (χ0v) is 16.1. The number of nitrogens with one attached hydrogen (secondary N) is 2. The smallest absolute Gasteiger partial charge is 0.225 e. The number of Topliss-reactive ketones (excluding diaryl/α,β-unsaturated/α-hetero) is 1. The van der Waals surface area contributed by atoms with E-state index < -0.39 is 21.2 Å². The van der Waals surface area contributed by atoms with E-state index in [1.54, 1.807) is 36.4 Å². The molecular weight excluding hydrogens is 364 g/mol. The first-order valence-corrected chi connectivity index (χ1v) is 10.3. The molecule has 7 heteroatoms. The number of sulfone groups is 1. The van der Waals surface area contributed by atoms with Gasteiger partial charge in [0, 0.05) is 35.3 Å². The van der Waals surface area contributed by atoms with Gasteiger partial charge >= 0.3 is 0 Å². The van der Waals surface area contributed by atoms with Crippen LogP contribution in [0.5, 0.6) is 0 Å². The van der Waals surface area contributed by atoms with E-state index in [2.05, 4.69) is 10.6 Å². The Morgan fingerprint density at radius 3 is 2.56 bits per heavy atom. The lowest BCUT2D eigenvalue weighted by Crippen LogP contribution is -2.37. The van der Waals surface area contributed by atoms with Crippen LogP contribution in [-0.2, 0) is 14.6 Å². The van der Waals surface area contributed by atoms with Gasteiger partial charge in [0.15, 0.2) is 15.6 Å². The molecule has 6 nitrogen and oxygen atoms in total. The van der Waals surface area contributed by atoms with Gasteiger partial charge in [-0.15, -0.1) is 0 Å². The fourth-order valence-electron chi connectivity index (χ4n) is 2.92. The Hall–Kier alpha value is -2.67. The minimum Gasteiger partial charge on any atom is -0.383 e. The van der Waals surface area contributed by atoms with Crippen molar-refractivity contribution in [1.82, 2.24) is 0 Å². The molecule has 1 aliphatic rings. The van der Waals surface area contributed by atoms with E-state index in [0.29, 0.717) is 23.5 Å². The highest BCUT2D eigenvalue weighted by atomic mass is 32.2. The van der Waals surface area contributed by atoms with Crippen LogP contribution in [0.1, 0.15) is 30.6 Å². The quantitative estimate of drug-likeness (QED) is 0.824. The lowest BCUT2D eigenvalue weighted by Gasteiger charge is -2.31. The lowest BCUT2D eigenvalue weighted by atomic mass is 9.81. The summed E-state index contributed by atoms with van der Waals surface area (Å²) in [6, 6.07) is 13.1. The number of carbonyl (C=O) groups is 2. The molecule has 0 fully saturated rings. The van der Waals surface area contributed by atoms with Gasteiger partial charge in [-0.1, -0.05) is 32.0 Å². The van der Waals surface area contributed by atoms with Crippen molar-refractivity contribution in [1.29, 1.82) is 0 Å². The Bertz CT molecular complexity index is 982. The van der Waals surface area contributed by atoms with Crippen LogP contribution in [0, 0.1) is 5.41 Å². The van der Waals surface area contributed by atoms with Gasteiger partial charge in [-0.2, -0.15) is 0 Å². The maximum atomic E-state index is 12.4. The second-order valence-electron chi connectivity index (χ2n) is 7.26. The molecule has 27 heavy (non-hydrogen) atoms. The molecule has 0 aliphatic carbocycles. The van der Waals surface area contributed by atoms with E-state index in [1.807, 2.05) is 13.8 Å². The monoisotopic (exact) mass is 386 g/mol. The number of ketones is 1. The average Bonchev–Trinajstić information content (AvgIpc) is 2.64. The van der Waals surface area contributed by atoms with Crippen molar-refractivity contribution >= 4 is 32.9 Å². The first kappa shape index (κ1) is 19.1. The van der Waals surface area contributed by atoms with Crippen LogP contribution in [0.2, 0.25) is 0 Å². The molecule has 2 aromatic carbocycles. The summed E-state index contributed by atoms with van der Waals surface area (Å²) in [5, 5.41) is 5.90. The summed E-state index contributed by atoms with van der Waals surface area (Å²) in [6.07, 6.45) is -0.145. The molecular formula is C20H22N2O4S. The third-order valence-corrected chi connectivity index (χ3v) is 6.32. The predicted octanol–water partition coefficient (Wildman–Crippen LogP) is 3.12. The van der Waals surface area contributed by atoms with Crippen LogP contribution >= 0.6 is 0 Å². The second-order valence-corrected chi connectivity index (χ2v) is 9.37. The van der Waals surface area contributed by atoms with Gasteiger partial charge < -0.3 is 10.6 Å². The Morgan fingerprint density at radius 1 is 1.15 bits per heavy atom. The molecule has 0 unspecified atom stereocenters. The molecule has 0 saturated carbocycles. The lowest BCUT2D eigenvalue weighted by molar-refractivity contribution is -0.115. The minimum atomic E-state index is -3.50. The summed E-state index contributed by atoms with van der Waals surface area (Å²) >= 11 is 0. The molecule has 0 saturated heterocycles. The molecule has 1 amide bonds. The van der Waals surface area contributed by atoms with E-state index in [9.17, 15) is 18.0 Å². The maximum absolute atomic E-state index is 12.4. The number of amides is 1. The summed E-state index contributed by atoms with van der Waals surface area (Å²) in [5.74, 6) is -0.598. The zero-order valence-electron chi connectivity index (χ0n) is 15.3. The van der Waals surface area contributed by atoms with Crippen LogP contribution < -0.4 is 10.6 Å². The fourth-order valence-corrected chi connectivity index (χ4v) is 4.19. The molecule has 0 spiro atoms. The first-order chi connectivity index (χ1) is 12.7. The minimum absolute atomic E-state index is 0.0584. The van der Waals surface area contributed by atoms with Crippen LogP contribution in [0.4, 0.5) is 11.4 Å². The molecule has 0 bridgehead atoms. The summed E-state index contributed by atoms with van der Waals surface area (Å²) in [6.45, 7) is 4.29. The maximum Gasteiger partial charge on any atom is 0.225 e. The summed E-state index contributed by atoms with van der Waals surface area (Å²) in [4.78, 5) is 24.8. The molecule has 2 N–H and O–H groups in total. The van der Waals surface area contributed by atoms with Gasteiger partial charge in [0.25, 0.3) is 0 Å². The van der Waals surface area contributed by atoms with Gasteiger partial charge in [-0.05, 0) is 30.3 Å². The largest absolute Gasteiger partial charge is 0.383 e. The van der Waals surface area contributed by atoms with Gasteiger partial charge in [0.2, 0.25) is 5.91 Å². The van der Waals surface area contributed by atoms with E-state index in [-0.39, 0.29) is 22.9 Å². The highest BCUT2D eigenvalue weighted by molar-refractivity contribution is 7.91. The first-order valence-electron chi connectivity index (χ1n) is 8.69. The summed E-state index contributed by atoms with van der Waals surface area (Å²) < 4.78 is 24.5. The second kappa shape index (κ2) is 7.15. The van der Waals surface area contributed by atoms with Crippen molar-refractivity contribution < 1.29 is 18.0 Å². The van der Waals surface area contributed by atoms with Crippen molar-refractivity contribution in [3.8, 4) is 0 Å². The Morgan fingerprint density at radius 2 is 1.85 bits per heavy atom. The Labute approximate surface area is 158 Å². The molecule has 1 aliphatic heterocycles. The van der Waals surface area contributed by atoms with Crippen molar-refractivity contribution in [3.63, 3.8) is 0 Å². The summed E-state index contributed by atoms with van der Waals surface area (Å²) in [5.41, 5.74) is 1.32. The highest BCUT2D eigenvalue weighted by Gasteiger charge is 2.34. The van der Waals surface area contributed by atoms with Gasteiger partial charge in [-0.25, -0.2) is 8.42 Å². The number of fused-ring (bicyclic) bond motifs is 1. The Balaban J connectivity index is 1.65. The highest BCUT2D eigenvalue weighted by Crippen LogP contribution is 2.33. The summed E-state index contributed by atoms with van der Waals surface area (Å²) in [7, 11) is -3.50. The topological polar surface area (TPSA) is 92.3 Å². The number of benzene rings is 2. The molecule has 0 atom stereocenters. The third kappa shape index (κ3) is 4.19. The molecule has 142 valence electrons. The standard InChI is InChI=1S/C20H22N2O4S/c1-20(2)13-21-17-12-14(8-9-16(17)19(20)24)22-18(23)10-11-27(25,26)15-6-4-3-5-7-15/h3-9,12,21H,10-11,13H2,1-2H3,(H,22,23). The van der Waals surface area contributed by atoms with Crippen molar-refractivity contribution in [3.05, 3.63) is 54.1 Å². The third-order valence-electron chi connectivity index (χ3n) is 4.58. The van der Waals surface area contributed by atoms with E-state index in [1.165, 1.54) is 12.1 Å². The van der Waals surface area contributed by atoms with E-state index in [4.69, 9.17) is 0 Å². The van der Waals surface area contributed by atoms with Crippen molar-refractivity contribution in [2.24, 2.45) is 5.41 Å². The van der Waals surface area contributed by atoms with Crippen LogP contribution in [0.3, 0.4) is 0 Å².